The molecule has 1 unspecified atom stereocenters. The number of benzene rings is 2. The van der Waals surface area contributed by atoms with E-state index in [2.05, 4.69) is 4.99 Å². The molecule has 1 aliphatic rings. The first kappa shape index (κ1) is 17.5. The third-order valence-electron chi connectivity index (χ3n) is 3.65. The number of carbonyl (C=O) groups excluding carboxylic acids is 1. The summed E-state index contributed by atoms with van der Waals surface area (Å²) in [5.74, 6) is -1.26. The zero-order chi connectivity index (χ0) is 17.8. The second kappa shape index (κ2) is 7.72. The molecule has 1 saturated heterocycles. The topological polar surface area (TPSA) is 70.0 Å². The molecule has 1 N–H and O–H groups in total. The predicted octanol–water partition coefficient (Wildman–Crippen LogP) is 3.95. The molecular weight excluding hydrogens is 360 g/mol. The van der Waals surface area contributed by atoms with Gasteiger partial charge in [0.1, 0.15) is 5.25 Å². The van der Waals surface area contributed by atoms with Crippen LogP contribution in [0.2, 0.25) is 5.02 Å². The van der Waals surface area contributed by atoms with Gasteiger partial charge in [-0.3, -0.25) is 14.5 Å². The minimum absolute atomic E-state index is 0.0491. The number of carboxylic acid groups (broad SMARTS) is 1. The molecule has 1 heterocycles. The van der Waals surface area contributed by atoms with E-state index in [9.17, 15) is 14.7 Å². The Morgan fingerprint density at radius 1 is 1.20 bits per heavy atom. The van der Waals surface area contributed by atoms with Crippen molar-refractivity contribution in [2.24, 2.45) is 4.99 Å². The number of amidine groups is 1. The molecule has 5 nitrogen and oxygen atoms in total. The van der Waals surface area contributed by atoms with E-state index in [-0.39, 0.29) is 12.3 Å². The summed E-state index contributed by atoms with van der Waals surface area (Å²) < 4.78 is 0. The van der Waals surface area contributed by atoms with Crippen molar-refractivity contribution in [3.63, 3.8) is 0 Å². The van der Waals surface area contributed by atoms with Gasteiger partial charge in [-0.25, -0.2) is 4.99 Å². The molecule has 1 aliphatic heterocycles. The molecular formula is C18H15ClN2O3S. The van der Waals surface area contributed by atoms with Crippen molar-refractivity contribution in [1.29, 1.82) is 0 Å². The summed E-state index contributed by atoms with van der Waals surface area (Å²) in [4.78, 5) is 29.9. The van der Waals surface area contributed by atoms with Crippen LogP contribution in [0, 0.1) is 0 Å². The summed E-state index contributed by atoms with van der Waals surface area (Å²) in [7, 11) is 0. The van der Waals surface area contributed by atoms with Gasteiger partial charge in [-0.05, 0) is 29.8 Å². The molecule has 0 bridgehead atoms. The second-order valence-corrected chi connectivity index (χ2v) is 7.09. The highest BCUT2D eigenvalue weighted by atomic mass is 35.5. The van der Waals surface area contributed by atoms with Gasteiger partial charge in [0.05, 0.1) is 18.7 Å². The maximum Gasteiger partial charge on any atom is 0.317 e. The van der Waals surface area contributed by atoms with E-state index < -0.39 is 11.2 Å². The van der Waals surface area contributed by atoms with Gasteiger partial charge in [0.15, 0.2) is 5.17 Å². The van der Waals surface area contributed by atoms with Gasteiger partial charge < -0.3 is 5.11 Å². The lowest BCUT2D eigenvalue weighted by molar-refractivity contribution is -0.139. The van der Waals surface area contributed by atoms with Crippen LogP contribution in [0.5, 0.6) is 0 Å². The molecule has 7 heteroatoms. The fourth-order valence-electron chi connectivity index (χ4n) is 2.38. The number of carboxylic acids is 1. The third kappa shape index (κ3) is 4.41. The Bertz CT molecular complexity index is 809. The Kier molecular flexibility index (Phi) is 5.40. The monoisotopic (exact) mass is 374 g/mol. The Morgan fingerprint density at radius 2 is 1.88 bits per heavy atom. The van der Waals surface area contributed by atoms with Crippen LogP contribution in [0.4, 0.5) is 5.69 Å². The van der Waals surface area contributed by atoms with Crippen LogP contribution in [0.1, 0.15) is 12.0 Å². The first-order valence-electron chi connectivity index (χ1n) is 7.61. The standard InChI is InChI=1S/C18H15ClN2O3S/c19-13-6-8-14(9-7-13)20-18-21(11-12-4-2-1-3-5-12)16(22)10-15(25-18)17(23)24/h1-9,15H,10-11H2,(H,23,24). The van der Waals surface area contributed by atoms with Gasteiger partial charge >= 0.3 is 5.97 Å². The van der Waals surface area contributed by atoms with Crippen LogP contribution < -0.4 is 0 Å². The first-order valence-corrected chi connectivity index (χ1v) is 8.87. The summed E-state index contributed by atoms with van der Waals surface area (Å²) in [5, 5.41) is 9.43. The van der Waals surface area contributed by atoms with E-state index in [0.717, 1.165) is 17.3 Å². The molecule has 0 spiro atoms. The summed E-state index contributed by atoms with van der Waals surface area (Å²) in [6.07, 6.45) is -0.0491. The number of halogens is 1. The Balaban J connectivity index is 1.93. The lowest BCUT2D eigenvalue weighted by Gasteiger charge is -2.30. The Labute approximate surface area is 154 Å². The summed E-state index contributed by atoms with van der Waals surface area (Å²) in [5.41, 5.74) is 1.57. The predicted molar refractivity (Wildman–Crippen MR) is 99.2 cm³/mol. The molecule has 25 heavy (non-hydrogen) atoms. The Hall–Kier alpha value is -2.31. The quantitative estimate of drug-likeness (QED) is 0.879. The summed E-state index contributed by atoms with van der Waals surface area (Å²) in [6.45, 7) is 0.353. The van der Waals surface area contributed by atoms with Crippen LogP contribution in [0.3, 0.4) is 0 Å². The van der Waals surface area contributed by atoms with E-state index in [1.54, 1.807) is 24.3 Å². The highest BCUT2D eigenvalue weighted by molar-refractivity contribution is 8.15. The van der Waals surface area contributed by atoms with Crippen LogP contribution in [-0.4, -0.2) is 32.3 Å². The van der Waals surface area contributed by atoms with Crippen LogP contribution in [0.15, 0.2) is 59.6 Å². The average Bonchev–Trinajstić information content (AvgIpc) is 2.60. The van der Waals surface area contributed by atoms with E-state index in [0.29, 0.717) is 22.4 Å². The molecule has 0 aromatic heterocycles. The SMILES string of the molecule is O=C(O)C1CC(=O)N(Cc2ccccc2)C(=Nc2ccc(Cl)cc2)S1. The first-order chi connectivity index (χ1) is 12.0. The molecule has 3 rings (SSSR count). The molecule has 128 valence electrons. The summed E-state index contributed by atoms with van der Waals surface area (Å²) in [6, 6.07) is 16.4. The number of nitrogens with zero attached hydrogens (tertiary/aromatic N) is 2. The van der Waals surface area contributed by atoms with E-state index in [1.807, 2.05) is 30.3 Å². The van der Waals surface area contributed by atoms with Crippen LogP contribution in [-0.2, 0) is 16.1 Å². The zero-order valence-corrected chi connectivity index (χ0v) is 14.7. The van der Waals surface area contributed by atoms with Gasteiger partial charge in [-0.2, -0.15) is 0 Å². The molecule has 1 amide bonds. The number of hydrogen-bond acceptors (Lipinski definition) is 4. The van der Waals surface area contributed by atoms with Crippen LogP contribution >= 0.6 is 23.4 Å². The van der Waals surface area contributed by atoms with Gasteiger partial charge in [-0.15, -0.1) is 0 Å². The molecule has 1 fully saturated rings. The Morgan fingerprint density at radius 3 is 2.52 bits per heavy atom. The van der Waals surface area contributed by atoms with E-state index in [1.165, 1.54) is 4.90 Å². The summed E-state index contributed by atoms with van der Waals surface area (Å²) >= 11 is 6.97. The van der Waals surface area contributed by atoms with Crippen molar-refractivity contribution in [3.8, 4) is 0 Å². The fraction of sp³-hybridized carbons (Fsp3) is 0.167. The highest BCUT2D eigenvalue weighted by Gasteiger charge is 2.35. The van der Waals surface area contributed by atoms with E-state index in [4.69, 9.17) is 11.6 Å². The van der Waals surface area contributed by atoms with Gasteiger partial charge in [-0.1, -0.05) is 53.7 Å². The maximum atomic E-state index is 12.5. The number of hydrogen-bond donors (Lipinski definition) is 1. The lowest BCUT2D eigenvalue weighted by Crippen LogP contribution is -2.43. The minimum Gasteiger partial charge on any atom is -0.480 e. The number of carbonyl (C=O) groups is 2. The molecule has 0 saturated carbocycles. The van der Waals surface area contributed by atoms with Crippen molar-refractivity contribution < 1.29 is 14.7 Å². The third-order valence-corrected chi connectivity index (χ3v) is 5.08. The molecule has 2 aromatic rings. The normalized spacial score (nSPS) is 19.2. The zero-order valence-electron chi connectivity index (χ0n) is 13.1. The number of rotatable bonds is 4. The average molecular weight is 375 g/mol. The second-order valence-electron chi connectivity index (χ2n) is 5.49. The number of aliphatic imine (C=N–C) groups is 1. The number of aliphatic carboxylic acids is 1. The van der Waals surface area contributed by atoms with Crippen molar-refractivity contribution in [3.05, 3.63) is 65.2 Å². The van der Waals surface area contributed by atoms with Gasteiger partial charge in [0.2, 0.25) is 5.91 Å². The fourth-order valence-corrected chi connectivity index (χ4v) is 3.54. The number of amides is 1. The van der Waals surface area contributed by atoms with Crippen molar-refractivity contribution in [1.82, 2.24) is 4.90 Å². The maximum absolute atomic E-state index is 12.5. The largest absolute Gasteiger partial charge is 0.480 e. The minimum atomic E-state index is -1.01. The van der Waals surface area contributed by atoms with E-state index >= 15 is 0 Å². The highest BCUT2D eigenvalue weighted by Crippen LogP contribution is 2.30. The molecule has 1 atom stereocenters. The van der Waals surface area contributed by atoms with Crippen LogP contribution in [0.25, 0.3) is 0 Å². The van der Waals surface area contributed by atoms with Crippen molar-refractivity contribution >= 4 is 46.1 Å². The van der Waals surface area contributed by atoms with Crippen molar-refractivity contribution in [2.45, 2.75) is 18.2 Å². The van der Waals surface area contributed by atoms with Crippen molar-refractivity contribution in [2.75, 3.05) is 0 Å². The molecule has 0 radical (unpaired) electrons. The smallest absolute Gasteiger partial charge is 0.317 e. The molecule has 2 aromatic carbocycles. The lowest BCUT2D eigenvalue weighted by atomic mass is 10.2. The van der Waals surface area contributed by atoms with Gasteiger partial charge in [0.25, 0.3) is 0 Å². The van der Waals surface area contributed by atoms with Gasteiger partial charge in [0, 0.05) is 5.02 Å². The molecule has 0 aliphatic carbocycles. The number of thioether (sulfide) groups is 1.